The number of aromatic nitrogens is 2. The highest BCUT2D eigenvalue weighted by Crippen LogP contribution is 2.32. The van der Waals surface area contributed by atoms with Crippen molar-refractivity contribution in [3.63, 3.8) is 0 Å². The Bertz CT molecular complexity index is 456. The number of likely N-dealkylation sites (tertiary alicyclic amines) is 1. The van der Waals surface area contributed by atoms with E-state index in [4.69, 9.17) is 9.26 Å². The van der Waals surface area contributed by atoms with Crippen LogP contribution in [-0.2, 0) is 4.74 Å². The third kappa shape index (κ3) is 2.86. The minimum absolute atomic E-state index is 0.348. The van der Waals surface area contributed by atoms with Crippen LogP contribution in [0.3, 0.4) is 0 Å². The zero-order valence-corrected chi connectivity index (χ0v) is 12.7. The molecule has 1 saturated carbocycles. The van der Waals surface area contributed by atoms with Gasteiger partial charge in [0, 0.05) is 24.5 Å². The Morgan fingerprint density at radius 3 is 2.48 bits per heavy atom. The molecule has 0 radical (unpaired) electrons. The second-order valence-electron chi connectivity index (χ2n) is 6.80. The zero-order chi connectivity index (χ0) is 14.1. The van der Waals surface area contributed by atoms with Gasteiger partial charge in [0.1, 0.15) is 0 Å². The van der Waals surface area contributed by atoms with Gasteiger partial charge in [-0.2, -0.15) is 4.98 Å². The van der Waals surface area contributed by atoms with Crippen LogP contribution < -0.4 is 0 Å². The van der Waals surface area contributed by atoms with E-state index < -0.39 is 0 Å². The Labute approximate surface area is 126 Å². The molecular weight excluding hydrogens is 266 g/mol. The lowest BCUT2D eigenvalue weighted by molar-refractivity contribution is 0.144. The average Bonchev–Trinajstić information content (AvgIpc) is 3.27. The van der Waals surface area contributed by atoms with E-state index >= 15 is 0 Å². The Hall–Kier alpha value is -0.940. The van der Waals surface area contributed by atoms with Gasteiger partial charge in [-0.15, -0.1) is 0 Å². The average molecular weight is 291 g/mol. The van der Waals surface area contributed by atoms with Gasteiger partial charge in [-0.25, -0.2) is 0 Å². The molecule has 21 heavy (non-hydrogen) atoms. The van der Waals surface area contributed by atoms with Crippen LogP contribution in [0.2, 0.25) is 0 Å². The summed E-state index contributed by atoms with van der Waals surface area (Å²) in [4.78, 5) is 7.35. The lowest BCUT2D eigenvalue weighted by atomic mass is 9.95. The van der Waals surface area contributed by atoms with Crippen molar-refractivity contribution in [2.75, 3.05) is 26.3 Å². The van der Waals surface area contributed by atoms with Crippen molar-refractivity contribution in [2.45, 2.75) is 62.8 Å². The summed E-state index contributed by atoms with van der Waals surface area (Å²) in [6.45, 7) is 3.96. The van der Waals surface area contributed by atoms with Crippen molar-refractivity contribution in [1.29, 1.82) is 0 Å². The largest absolute Gasteiger partial charge is 0.381 e. The fraction of sp³-hybridized carbons (Fsp3) is 0.875. The summed E-state index contributed by atoms with van der Waals surface area (Å²) in [5, 5.41) is 4.19. The summed E-state index contributed by atoms with van der Waals surface area (Å²) in [6.07, 6.45) is 8.99. The number of rotatable bonds is 3. The number of piperidine rings is 1. The van der Waals surface area contributed by atoms with Crippen molar-refractivity contribution in [3.8, 4) is 0 Å². The predicted molar refractivity (Wildman–Crippen MR) is 78.3 cm³/mol. The lowest BCUT2D eigenvalue weighted by Gasteiger charge is -2.34. The Morgan fingerprint density at radius 2 is 1.76 bits per heavy atom. The van der Waals surface area contributed by atoms with E-state index in [2.05, 4.69) is 15.0 Å². The van der Waals surface area contributed by atoms with E-state index in [9.17, 15) is 0 Å². The molecular formula is C16H25N3O2. The highest BCUT2D eigenvalue weighted by atomic mass is 16.5. The van der Waals surface area contributed by atoms with Crippen molar-refractivity contribution >= 4 is 0 Å². The number of nitrogens with zero attached hydrogens (tertiary/aromatic N) is 3. The molecule has 3 aliphatic rings. The first-order valence-corrected chi connectivity index (χ1v) is 8.55. The maximum atomic E-state index is 5.54. The van der Waals surface area contributed by atoms with E-state index in [1.807, 2.05) is 0 Å². The summed E-state index contributed by atoms with van der Waals surface area (Å²) in [5.41, 5.74) is 0. The second-order valence-corrected chi connectivity index (χ2v) is 6.80. The van der Waals surface area contributed by atoms with Gasteiger partial charge >= 0.3 is 0 Å². The molecule has 4 rings (SSSR count). The number of hydrogen-bond acceptors (Lipinski definition) is 5. The van der Waals surface area contributed by atoms with Gasteiger partial charge in [-0.05, 0) is 45.2 Å². The van der Waals surface area contributed by atoms with Crippen LogP contribution in [0, 0.1) is 0 Å². The molecule has 1 aromatic heterocycles. The van der Waals surface area contributed by atoms with E-state index in [1.54, 1.807) is 0 Å². The fourth-order valence-electron chi connectivity index (χ4n) is 4.10. The molecule has 0 bridgehead atoms. The standard InChI is InChI=1S/C16H25N3O2/c1-2-4-14(3-1)19-8-5-12(6-9-19)16-17-15(18-21-16)13-7-10-20-11-13/h12-14H,1-11H2/t13-/m0/s1. The number of ether oxygens (including phenoxy) is 1. The van der Waals surface area contributed by atoms with Crippen molar-refractivity contribution in [1.82, 2.24) is 15.0 Å². The highest BCUT2D eigenvalue weighted by Gasteiger charge is 2.31. The normalized spacial score (nSPS) is 29.4. The van der Waals surface area contributed by atoms with Crippen LogP contribution in [0.5, 0.6) is 0 Å². The second kappa shape index (κ2) is 6.05. The van der Waals surface area contributed by atoms with Crippen LogP contribution in [0.25, 0.3) is 0 Å². The summed E-state index contributed by atoms with van der Waals surface area (Å²) >= 11 is 0. The molecule has 0 aromatic carbocycles. The first kappa shape index (κ1) is 13.7. The summed E-state index contributed by atoms with van der Waals surface area (Å²) in [5.74, 6) is 2.54. The zero-order valence-electron chi connectivity index (χ0n) is 12.7. The third-order valence-electron chi connectivity index (χ3n) is 5.47. The summed E-state index contributed by atoms with van der Waals surface area (Å²) in [7, 11) is 0. The van der Waals surface area contributed by atoms with Gasteiger partial charge in [-0.1, -0.05) is 18.0 Å². The van der Waals surface area contributed by atoms with Gasteiger partial charge in [0.15, 0.2) is 5.82 Å². The molecule has 5 nitrogen and oxygen atoms in total. The summed E-state index contributed by atoms with van der Waals surface area (Å²) in [6, 6.07) is 0.847. The SMILES string of the molecule is C1CCC(N2CCC(c3nc([C@H]4CCOC4)no3)CC2)C1. The molecule has 1 aromatic rings. The van der Waals surface area contributed by atoms with E-state index in [0.29, 0.717) is 11.8 Å². The van der Waals surface area contributed by atoms with Gasteiger partial charge in [0.2, 0.25) is 5.89 Å². The van der Waals surface area contributed by atoms with Crippen molar-refractivity contribution < 1.29 is 9.26 Å². The van der Waals surface area contributed by atoms with E-state index in [1.165, 1.54) is 51.6 Å². The van der Waals surface area contributed by atoms with Crippen LogP contribution in [0.4, 0.5) is 0 Å². The molecule has 0 spiro atoms. The molecule has 0 N–H and O–H groups in total. The van der Waals surface area contributed by atoms with Gasteiger partial charge in [0.05, 0.1) is 6.61 Å². The van der Waals surface area contributed by atoms with Gasteiger partial charge in [0.25, 0.3) is 0 Å². The molecule has 116 valence electrons. The first-order valence-electron chi connectivity index (χ1n) is 8.55. The molecule has 0 unspecified atom stereocenters. The van der Waals surface area contributed by atoms with E-state index in [-0.39, 0.29) is 0 Å². The van der Waals surface area contributed by atoms with Crippen LogP contribution >= 0.6 is 0 Å². The van der Waals surface area contributed by atoms with Crippen molar-refractivity contribution in [3.05, 3.63) is 11.7 Å². The topological polar surface area (TPSA) is 51.4 Å². The molecule has 0 amide bonds. The Kier molecular flexibility index (Phi) is 3.95. The molecule has 3 heterocycles. The monoisotopic (exact) mass is 291 g/mol. The molecule has 1 atom stereocenters. The van der Waals surface area contributed by atoms with Crippen LogP contribution in [0.1, 0.15) is 68.5 Å². The lowest BCUT2D eigenvalue weighted by Crippen LogP contribution is -2.39. The molecule has 2 saturated heterocycles. The van der Waals surface area contributed by atoms with E-state index in [0.717, 1.165) is 37.4 Å². The molecule has 3 fully saturated rings. The minimum Gasteiger partial charge on any atom is -0.381 e. The third-order valence-corrected chi connectivity index (χ3v) is 5.47. The molecule has 2 aliphatic heterocycles. The molecule has 5 heteroatoms. The van der Waals surface area contributed by atoms with Crippen LogP contribution in [-0.4, -0.2) is 47.4 Å². The fourth-order valence-corrected chi connectivity index (χ4v) is 4.10. The van der Waals surface area contributed by atoms with Crippen LogP contribution in [0.15, 0.2) is 4.52 Å². The van der Waals surface area contributed by atoms with Gasteiger partial charge in [-0.3, -0.25) is 0 Å². The maximum absolute atomic E-state index is 5.54. The Morgan fingerprint density at radius 1 is 0.952 bits per heavy atom. The highest BCUT2D eigenvalue weighted by molar-refractivity contribution is 5.02. The number of hydrogen-bond donors (Lipinski definition) is 0. The Balaban J connectivity index is 1.35. The van der Waals surface area contributed by atoms with Crippen molar-refractivity contribution in [2.24, 2.45) is 0 Å². The predicted octanol–water partition coefficient (Wildman–Crippen LogP) is 2.70. The first-order chi connectivity index (χ1) is 10.4. The molecule has 1 aliphatic carbocycles. The summed E-state index contributed by atoms with van der Waals surface area (Å²) < 4.78 is 11.0. The minimum atomic E-state index is 0.348. The maximum Gasteiger partial charge on any atom is 0.229 e. The van der Waals surface area contributed by atoms with Gasteiger partial charge < -0.3 is 14.2 Å². The smallest absolute Gasteiger partial charge is 0.229 e. The quantitative estimate of drug-likeness (QED) is 0.857.